The van der Waals surface area contributed by atoms with Gasteiger partial charge in [0.15, 0.2) is 0 Å². The third kappa shape index (κ3) is 7.89. The molecule has 2 aromatic carbocycles. The minimum Gasteiger partial charge on any atom is -0.390 e. The maximum absolute atomic E-state index is 13.2. The van der Waals surface area contributed by atoms with Gasteiger partial charge in [0.2, 0.25) is 20.0 Å². The van der Waals surface area contributed by atoms with E-state index in [-0.39, 0.29) is 29.6 Å². The van der Waals surface area contributed by atoms with Gasteiger partial charge >= 0.3 is 0 Å². The number of rotatable bonds is 11. The molecule has 0 heterocycles. The number of nitrogens with one attached hydrogen (secondary N) is 1. The van der Waals surface area contributed by atoms with Crippen LogP contribution in [0.3, 0.4) is 0 Å². The van der Waals surface area contributed by atoms with Crippen LogP contribution in [0.2, 0.25) is 0 Å². The molecule has 0 aliphatic heterocycles. The average molecular weight is 470 g/mol. The quantitative estimate of drug-likeness (QED) is 0.459. The van der Waals surface area contributed by atoms with E-state index in [9.17, 15) is 21.9 Å². The second kappa shape index (κ2) is 10.6. The first kappa shape index (κ1) is 25.3. The minimum absolute atomic E-state index is 0.0102. The van der Waals surface area contributed by atoms with E-state index in [0.717, 1.165) is 11.8 Å². The van der Waals surface area contributed by atoms with Crippen molar-refractivity contribution in [3.63, 3.8) is 0 Å². The van der Waals surface area contributed by atoms with Gasteiger partial charge in [0.1, 0.15) is 0 Å². The number of nitrogens with zero attached hydrogens (tertiary/aromatic N) is 1. The lowest BCUT2D eigenvalue weighted by Crippen LogP contribution is -2.47. The molecule has 31 heavy (non-hydrogen) atoms. The highest BCUT2D eigenvalue weighted by molar-refractivity contribution is 7.92. The molecular weight excluding hydrogens is 438 g/mol. The zero-order chi connectivity index (χ0) is 23.2. The first-order chi connectivity index (χ1) is 14.4. The summed E-state index contributed by atoms with van der Waals surface area (Å²) in [5.74, 6) is 0.0264. The normalized spacial score (nSPS) is 14.5. The van der Waals surface area contributed by atoms with E-state index in [0.29, 0.717) is 6.42 Å². The summed E-state index contributed by atoms with van der Waals surface area (Å²) >= 11 is 0. The molecule has 2 atom stereocenters. The molecule has 0 aliphatic rings. The lowest BCUT2D eigenvalue weighted by molar-refractivity contribution is 0.116. The van der Waals surface area contributed by atoms with Crippen molar-refractivity contribution < 1.29 is 21.9 Å². The summed E-state index contributed by atoms with van der Waals surface area (Å²) in [4.78, 5) is 0.0102. The van der Waals surface area contributed by atoms with Crippen molar-refractivity contribution in [2.24, 2.45) is 11.7 Å². The smallest absolute Gasteiger partial charge is 0.243 e. The van der Waals surface area contributed by atoms with Crippen LogP contribution in [0, 0.1) is 5.92 Å². The average Bonchev–Trinajstić information content (AvgIpc) is 2.67. The number of aliphatic hydroxyl groups is 1. The van der Waals surface area contributed by atoms with Crippen molar-refractivity contribution in [2.45, 2.75) is 37.3 Å². The Hall–Kier alpha value is -1.98. The maximum atomic E-state index is 13.2. The largest absolute Gasteiger partial charge is 0.390 e. The molecule has 0 radical (unpaired) electrons. The fourth-order valence-electron chi connectivity index (χ4n) is 3.10. The second-order valence-corrected chi connectivity index (χ2v) is 11.7. The van der Waals surface area contributed by atoms with Crippen LogP contribution in [-0.4, -0.2) is 57.7 Å². The van der Waals surface area contributed by atoms with Crippen LogP contribution in [-0.2, 0) is 26.5 Å². The SMILES string of the molecule is CC(C)CN(CC(O)C(N)Cc1ccccc1)S(=O)(=O)c1ccc(NS(C)(=O)=O)cc1. The first-order valence-corrected chi connectivity index (χ1v) is 13.3. The molecule has 8 nitrogen and oxygen atoms in total. The molecule has 2 unspecified atom stereocenters. The summed E-state index contributed by atoms with van der Waals surface area (Å²) in [6, 6.07) is 14.3. The van der Waals surface area contributed by atoms with E-state index in [1.54, 1.807) is 0 Å². The summed E-state index contributed by atoms with van der Waals surface area (Å²) in [7, 11) is -7.38. The van der Waals surface area contributed by atoms with Gasteiger partial charge in [-0.05, 0) is 42.2 Å². The molecule has 0 aromatic heterocycles. The number of benzene rings is 2. The molecule has 0 bridgehead atoms. The Bertz CT molecular complexity index is 1040. The van der Waals surface area contributed by atoms with Gasteiger partial charge in [0, 0.05) is 24.8 Å². The van der Waals surface area contributed by atoms with Gasteiger partial charge in [-0.3, -0.25) is 4.72 Å². The lowest BCUT2D eigenvalue weighted by atomic mass is 10.0. The summed E-state index contributed by atoms with van der Waals surface area (Å²) in [5, 5.41) is 10.6. The van der Waals surface area contributed by atoms with E-state index >= 15 is 0 Å². The fraction of sp³-hybridized carbons (Fsp3) is 0.429. The highest BCUT2D eigenvalue weighted by Gasteiger charge is 2.29. The standard InChI is InChI=1S/C21H31N3O5S2/c1-16(2)14-24(15-21(25)20(22)13-17-7-5-4-6-8-17)31(28,29)19-11-9-18(10-12-19)23-30(3,26)27/h4-12,16,20-21,23,25H,13-15,22H2,1-3H3. The van der Waals surface area contributed by atoms with Crippen LogP contribution in [0.1, 0.15) is 19.4 Å². The van der Waals surface area contributed by atoms with Gasteiger partial charge in [-0.1, -0.05) is 44.2 Å². The number of aliphatic hydroxyl groups excluding tert-OH is 1. The second-order valence-electron chi connectivity index (χ2n) is 8.04. The van der Waals surface area contributed by atoms with Crippen molar-refractivity contribution in [3.05, 3.63) is 60.2 Å². The molecule has 4 N–H and O–H groups in total. The Labute approximate surface area is 185 Å². The third-order valence-electron chi connectivity index (χ3n) is 4.56. The van der Waals surface area contributed by atoms with Gasteiger partial charge < -0.3 is 10.8 Å². The Balaban J connectivity index is 2.19. The van der Waals surface area contributed by atoms with Crippen LogP contribution in [0.25, 0.3) is 0 Å². The molecule has 0 saturated heterocycles. The van der Waals surface area contributed by atoms with E-state index in [4.69, 9.17) is 5.73 Å². The number of sulfonamides is 2. The fourth-order valence-corrected chi connectivity index (χ4v) is 5.29. The lowest BCUT2D eigenvalue weighted by Gasteiger charge is -2.28. The molecule has 0 spiro atoms. The Morgan fingerprint density at radius 2 is 1.55 bits per heavy atom. The molecule has 0 fully saturated rings. The van der Waals surface area contributed by atoms with E-state index in [1.165, 1.54) is 28.6 Å². The van der Waals surface area contributed by atoms with Crippen molar-refractivity contribution in [1.29, 1.82) is 0 Å². The van der Waals surface area contributed by atoms with E-state index in [1.807, 2.05) is 44.2 Å². The van der Waals surface area contributed by atoms with Crippen LogP contribution in [0.15, 0.2) is 59.5 Å². The summed E-state index contributed by atoms with van der Waals surface area (Å²) in [6.07, 6.45) is 0.380. The van der Waals surface area contributed by atoms with Gasteiger partial charge in [-0.15, -0.1) is 0 Å². The highest BCUT2D eigenvalue weighted by Crippen LogP contribution is 2.21. The van der Waals surface area contributed by atoms with Gasteiger partial charge in [-0.2, -0.15) is 4.31 Å². The van der Waals surface area contributed by atoms with Gasteiger partial charge in [-0.25, -0.2) is 16.8 Å². The molecule has 2 aromatic rings. The Kier molecular flexibility index (Phi) is 8.61. The molecular formula is C21H31N3O5S2. The highest BCUT2D eigenvalue weighted by atomic mass is 32.2. The maximum Gasteiger partial charge on any atom is 0.243 e. The van der Waals surface area contributed by atoms with Crippen molar-refractivity contribution in [2.75, 3.05) is 24.1 Å². The predicted octanol–water partition coefficient (Wildman–Crippen LogP) is 1.64. The molecule has 2 rings (SSSR count). The van der Waals surface area contributed by atoms with E-state index < -0.39 is 32.2 Å². The number of hydrogen-bond acceptors (Lipinski definition) is 6. The van der Waals surface area contributed by atoms with Crippen LogP contribution in [0.4, 0.5) is 5.69 Å². The number of nitrogens with two attached hydrogens (primary N) is 1. The summed E-state index contributed by atoms with van der Waals surface area (Å²) < 4.78 is 52.7. The van der Waals surface area contributed by atoms with Crippen molar-refractivity contribution >= 4 is 25.7 Å². The van der Waals surface area contributed by atoms with Crippen LogP contribution >= 0.6 is 0 Å². The van der Waals surface area contributed by atoms with Crippen molar-refractivity contribution in [3.8, 4) is 0 Å². The third-order valence-corrected chi connectivity index (χ3v) is 7.02. The van der Waals surface area contributed by atoms with E-state index in [2.05, 4.69) is 4.72 Å². The monoisotopic (exact) mass is 469 g/mol. The zero-order valence-electron chi connectivity index (χ0n) is 18.0. The van der Waals surface area contributed by atoms with Gasteiger partial charge in [0.25, 0.3) is 0 Å². The molecule has 0 aliphatic carbocycles. The Morgan fingerprint density at radius 1 is 0.968 bits per heavy atom. The topological polar surface area (TPSA) is 130 Å². The molecule has 0 saturated carbocycles. The number of hydrogen-bond donors (Lipinski definition) is 3. The molecule has 172 valence electrons. The van der Waals surface area contributed by atoms with Crippen LogP contribution < -0.4 is 10.5 Å². The van der Waals surface area contributed by atoms with Crippen LogP contribution in [0.5, 0.6) is 0 Å². The molecule has 0 amide bonds. The minimum atomic E-state index is -3.92. The first-order valence-electron chi connectivity index (χ1n) is 9.94. The predicted molar refractivity (Wildman–Crippen MR) is 123 cm³/mol. The van der Waals surface area contributed by atoms with Gasteiger partial charge in [0.05, 0.1) is 17.3 Å². The number of anilines is 1. The Morgan fingerprint density at radius 3 is 2.06 bits per heavy atom. The summed E-state index contributed by atoms with van der Waals surface area (Å²) in [6.45, 7) is 3.84. The summed E-state index contributed by atoms with van der Waals surface area (Å²) in [5.41, 5.74) is 7.38. The van der Waals surface area contributed by atoms with Crippen molar-refractivity contribution in [1.82, 2.24) is 4.31 Å². The zero-order valence-corrected chi connectivity index (χ0v) is 19.6. The molecule has 10 heteroatoms.